The number of aliphatic imine (C=N–C) groups is 1. The standard InChI is InChI=1S/C12H27N5/c1-4-5-8-14-12(15-13)17(3)11-6-9-16(2)10-7-11/h11H,4-10,13H2,1-3H3,(H,14,15). The second kappa shape index (κ2) is 7.50. The average Bonchev–Trinajstić information content (AvgIpc) is 2.35. The third kappa shape index (κ3) is 4.52. The molecule has 100 valence electrons. The van der Waals surface area contributed by atoms with Crippen molar-refractivity contribution in [2.24, 2.45) is 10.8 Å². The molecule has 1 fully saturated rings. The van der Waals surface area contributed by atoms with Gasteiger partial charge in [0.1, 0.15) is 0 Å². The number of unbranched alkanes of at least 4 members (excludes halogenated alkanes) is 1. The lowest BCUT2D eigenvalue weighted by Crippen LogP contribution is -2.50. The lowest BCUT2D eigenvalue weighted by molar-refractivity contribution is 0.189. The van der Waals surface area contributed by atoms with E-state index in [1.165, 1.54) is 19.3 Å². The van der Waals surface area contributed by atoms with Crippen LogP contribution < -0.4 is 11.3 Å². The summed E-state index contributed by atoms with van der Waals surface area (Å²) in [7, 11) is 4.26. The summed E-state index contributed by atoms with van der Waals surface area (Å²) in [6.07, 6.45) is 4.65. The summed E-state index contributed by atoms with van der Waals surface area (Å²) in [6.45, 7) is 5.34. The van der Waals surface area contributed by atoms with Crippen molar-refractivity contribution in [3.8, 4) is 0 Å². The molecular weight excluding hydrogens is 214 g/mol. The van der Waals surface area contributed by atoms with Crippen LogP contribution in [0.1, 0.15) is 32.6 Å². The topological polar surface area (TPSA) is 56.9 Å². The van der Waals surface area contributed by atoms with Gasteiger partial charge in [0.25, 0.3) is 0 Å². The van der Waals surface area contributed by atoms with Gasteiger partial charge in [0.2, 0.25) is 5.96 Å². The summed E-state index contributed by atoms with van der Waals surface area (Å²) in [4.78, 5) is 9.09. The van der Waals surface area contributed by atoms with Crippen molar-refractivity contribution in [3.63, 3.8) is 0 Å². The van der Waals surface area contributed by atoms with E-state index in [0.29, 0.717) is 6.04 Å². The van der Waals surface area contributed by atoms with Crippen LogP contribution in [0, 0.1) is 0 Å². The molecule has 17 heavy (non-hydrogen) atoms. The van der Waals surface area contributed by atoms with E-state index >= 15 is 0 Å². The summed E-state index contributed by atoms with van der Waals surface area (Å²) in [5, 5.41) is 0. The molecule has 0 aromatic carbocycles. The molecule has 5 heteroatoms. The number of nitrogens with one attached hydrogen (secondary N) is 1. The Labute approximate surface area is 105 Å². The molecule has 1 aliphatic heterocycles. The summed E-state index contributed by atoms with van der Waals surface area (Å²) >= 11 is 0. The predicted molar refractivity (Wildman–Crippen MR) is 72.8 cm³/mol. The Kier molecular flexibility index (Phi) is 6.29. The zero-order chi connectivity index (χ0) is 12.7. The van der Waals surface area contributed by atoms with Crippen LogP contribution in [0.4, 0.5) is 0 Å². The highest BCUT2D eigenvalue weighted by atomic mass is 15.4. The molecule has 1 rings (SSSR count). The van der Waals surface area contributed by atoms with Crippen molar-refractivity contribution in [2.45, 2.75) is 38.6 Å². The zero-order valence-corrected chi connectivity index (χ0v) is 11.4. The molecule has 0 amide bonds. The van der Waals surface area contributed by atoms with Gasteiger partial charge in [0, 0.05) is 19.6 Å². The number of nitrogens with two attached hydrogens (primary N) is 1. The Morgan fingerprint density at radius 2 is 2.12 bits per heavy atom. The van der Waals surface area contributed by atoms with E-state index in [2.05, 4.69) is 41.2 Å². The van der Waals surface area contributed by atoms with Crippen LogP contribution in [-0.4, -0.2) is 55.5 Å². The van der Waals surface area contributed by atoms with Crippen LogP contribution in [0.5, 0.6) is 0 Å². The number of hydrazine groups is 1. The minimum Gasteiger partial charge on any atom is -0.342 e. The lowest BCUT2D eigenvalue weighted by atomic mass is 10.0. The first kappa shape index (κ1) is 14.3. The predicted octanol–water partition coefficient (Wildman–Crippen LogP) is 0.632. The molecule has 5 nitrogen and oxygen atoms in total. The fourth-order valence-corrected chi connectivity index (χ4v) is 2.16. The van der Waals surface area contributed by atoms with Crippen molar-refractivity contribution in [1.82, 2.24) is 15.2 Å². The second-order valence-electron chi connectivity index (χ2n) is 4.85. The fourth-order valence-electron chi connectivity index (χ4n) is 2.16. The molecule has 1 heterocycles. The Morgan fingerprint density at radius 3 is 2.65 bits per heavy atom. The first-order valence-electron chi connectivity index (χ1n) is 6.61. The molecule has 0 unspecified atom stereocenters. The molecule has 0 atom stereocenters. The van der Waals surface area contributed by atoms with Crippen molar-refractivity contribution in [3.05, 3.63) is 0 Å². The van der Waals surface area contributed by atoms with E-state index in [4.69, 9.17) is 5.84 Å². The lowest BCUT2D eigenvalue weighted by Gasteiger charge is -2.36. The summed E-state index contributed by atoms with van der Waals surface area (Å²) in [5.74, 6) is 6.38. The zero-order valence-electron chi connectivity index (χ0n) is 11.4. The fraction of sp³-hybridized carbons (Fsp3) is 0.917. The van der Waals surface area contributed by atoms with Gasteiger partial charge < -0.3 is 9.80 Å². The molecule has 3 N–H and O–H groups in total. The summed E-state index contributed by atoms with van der Waals surface area (Å²) < 4.78 is 0. The maximum atomic E-state index is 5.56. The van der Waals surface area contributed by atoms with Crippen molar-refractivity contribution in [2.75, 3.05) is 33.7 Å². The maximum absolute atomic E-state index is 5.56. The van der Waals surface area contributed by atoms with Crippen LogP contribution in [0.3, 0.4) is 0 Å². The van der Waals surface area contributed by atoms with Crippen LogP contribution in [0.15, 0.2) is 4.99 Å². The minimum absolute atomic E-state index is 0.558. The van der Waals surface area contributed by atoms with E-state index in [9.17, 15) is 0 Å². The number of piperidine rings is 1. The van der Waals surface area contributed by atoms with Crippen LogP contribution in [0.2, 0.25) is 0 Å². The van der Waals surface area contributed by atoms with Gasteiger partial charge in [-0.2, -0.15) is 0 Å². The number of hydrogen-bond acceptors (Lipinski definition) is 3. The Balaban J connectivity index is 2.47. The van der Waals surface area contributed by atoms with Gasteiger partial charge in [-0.25, -0.2) is 5.84 Å². The molecule has 0 aliphatic carbocycles. The van der Waals surface area contributed by atoms with Gasteiger partial charge in [0.05, 0.1) is 0 Å². The van der Waals surface area contributed by atoms with Crippen LogP contribution in [-0.2, 0) is 0 Å². The Morgan fingerprint density at radius 1 is 1.47 bits per heavy atom. The molecule has 1 saturated heterocycles. The maximum Gasteiger partial charge on any atom is 0.208 e. The van der Waals surface area contributed by atoms with Gasteiger partial charge in [-0.15, -0.1) is 0 Å². The van der Waals surface area contributed by atoms with E-state index in [1.807, 2.05) is 0 Å². The number of rotatable bonds is 4. The first-order chi connectivity index (χ1) is 8.19. The smallest absolute Gasteiger partial charge is 0.208 e. The van der Waals surface area contributed by atoms with E-state index < -0.39 is 0 Å². The number of likely N-dealkylation sites (tertiary alicyclic amines) is 1. The number of guanidine groups is 1. The van der Waals surface area contributed by atoms with Gasteiger partial charge in [0.15, 0.2) is 0 Å². The quantitative estimate of drug-likeness (QED) is 0.249. The van der Waals surface area contributed by atoms with Gasteiger partial charge in [-0.1, -0.05) is 13.3 Å². The Bertz CT molecular complexity index is 233. The highest BCUT2D eigenvalue weighted by Gasteiger charge is 2.22. The van der Waals surface area contributed by atoms with Crippen LogP contribution >= 0.6 is 0 Å². The molecule has 0 radical (unpaired) electrons. The highest BCUT2D eigenvalue weighted by Crippen LogP contribution is 2.13. The SMILES string of the molecule is CCCCN=C(NN)N(C)C1CCN(C)CC1. The molecular formula is C12H27N5. The van der Waals surface area contributed by atoms with Crippen molar-refractivity contribution in [1.29, 1.82) is 0 Å². The average molecular weight is 241 g/mol. The molecule has 0 saturated carbocycles. The Hall–Kier alpha value is -0.810. The van der Waals surface area contributed by atoms with Gasteiger partial charge in [-0.05, 0) is 39.4 Å². The van der Waals surface area contributed by atoms with Crippen LogP contribution in [0.25, 0.3) is 0 Å². The van der Waals surface area contributed by atoms with Crippen molar-refractivity contribution < 1.29 is 0 Å². The molecule has 0 aromatic heterocycles. The van der Waals surface area contributed by atoms with E-state index in [-0.39, 0.29) is 0 Å². The molecule has 0 bridgehead atoms. The highest BCUT2D eigenvalue weighted by molar-refractivity contribution is 5.79. The monoisotopic (exact) mass is 241 g/mol. The summed E-state index contributed by atoms with van der Waals surface area (Å²) in [6, 6.07) is 0.558. The molecule has 0 spiro atoms. The van der Waals surface area contributed by atoms with Gasteiger partial charge in [-0.3, -0.25) is 10.4 Å². The van der Waals surface area contributed by atoms with E-state index in [1.54, 1.807) is 0 Å². The minimum atomic E-state index is 0.558. The molecule has 0 aromatic rings. The second-order valence-corrected chi connectivity index (χ2v) is 4.85. The molecule has 1 aliphatic rings. The third-order valence-electron chi connectivity index (χ3n) is 3.47. The van der Waals surface area contributed by atoms with Gasteiger partial charge >= 0.3 is 0 Å². The van der Waals surface area contributed by atoms with Crippen molar-refractivity contribution >= 4 is 5.96 Å². The third-order valence-corrected chi connectivity index (χ3v) is 3.47. The summed E-state index contributed by atoms with van der Waals surface area (Å²) in [5.41, 5.74) is 2.73. The number of hydrogen-bond donors (Lipinski definition) is 2. The number of nitrogens with zero attached hydrogens (tertiary/aromatic N) is 3. The first-order valence-corrected chi connectivity index (χ1v) is 6.61. The normalized spacial score (nSPS) is 19.4. The largest absolute Gasteiger partial charge is 0.342 e. The van der Waals surface area contributed by atoms with E-state index in [0.717, 1.165) is 32.0 Å².